The molecular weight excluding hydrogens is 306 g/mol. The molecule has 0 radical (unpaired) electrons. The number of carboxylic acids is 1. The lowest BCUT2D eigenvalue weighted by atomic mass is 9.96. The highest BCUT2D eigenvalue weighted by Crippen LogP contribution is 2.26. The number of amides is 1. The van der Waals surface area contributed by atoms with Crippen molar-refractivity contribution in [1.29, 1.82) is 0 Å². The number of halogens is 1. The molecule has 0 aliphatic heterocycles. The van der Waals surface area contributed by atoms with Gasteiger partial charge >= 0.3 is 12.1 Å². The summed E-state index contributed by atoms with van der Waals surface area (Å²) < 4.78 is 5.14. The van der Waals surface area contributed by atoms with Gasteiger partial charge in [0.05, 0.1) is 0 Å². The monoisotopic (exact) mass is 319 g/mol. The number of carboxylic acid groups (broad SMARTS) is 1. The topological polar surface area (TPSA) is 75.6 Å². The summed E-state index contributed by atoms with van der Waals surface area (Å²) in [6.45, 7) is 1.33. The fourth-order valence-electron chi connectivity index (χ4n) is 1.84. The van der Waals surface area contributed by atoms with Gasteiger partial charge in [-0.05, 0) is 31.2 Å². The Morgan fingerprint density at radius 2 is 1.68 bits per heavy atom. The van der Waals surface area contributed by atoms with Crippen molar-refractivity contribution in [2.45, 2.75) is 12.5 Å². The Labute approximate surface area is 132 Å². The van der Waals surface area contributed by atoms with Crippen molar-refractivity contribution in [2.24, 2.45) is 0 Å². The highest BCUT2D eigenvalue weighted by Gasteiger charge is 2.39. The molecule has 114 valence electrons. The third kappa shape index (κ3) is 3.56. The van der Waals surface area contributed by atoms with Gasteiger partial charge in [-0.15, -0.1) is 0 Å². The molecule has 0 saturated carbocycles. The van der Waals surface area contributed by atoms with Crippen LogP contribution in [0.15, 0.2) is 54.6 Å². The van der Waals surface area contributed by atoms with Crippen LogP contribution >= 0.6 is 11.6 Å². The predicted octanol–water partition coefficient (Wildman–Crippen LogP) is 3.89. The smallest absolute Gasteiger partial charge is 0.413 e. The molecule has 2 aromatic carbocycles. The van der Waals surface area contributed by atoms with Crippen LogP contribution in [-0.4, -0.2) is 17.2 Å². The maximum Gasteiger partial charge on any atom is 0.413 e. The molecule has 22 heavy (non-hydrogen) atoms. The number of carbonyl (C=O) groups excluding carboxylic acids is 1. The molecule has 0 spiro atoms. The molecule has 1 atom stereocenters. The molecule has 2 rings (SSSR count). The summed E-state index contributed by atoms with van der Waals surface area (Å²) in [5.74, 6) is -1.26. The molecular formula is C16H14ClNO4. The number of ether oxygens (including phenoxy) is 1. The minimum atomic E-state index is -1.78. The third-order valence-electron chi connectivity index (χ3n) is 3.12. The maximum absolute atomic E-state index is 12.0. The molecule has 0 aliphatic carbocycles. The zero-order valence-electron chi connectivity index (χ0n) is 11.7. The number of benzene rings is 2. The third-order valence-corrected chi connectivity index (χ3v) is 3.37. The second kappa shape index (κ2) is 6.49. The molecule has 2 N–H and O–H groups in total. The van der Waals surface area contributed by atoms with Crippen molar-refractivity contribution in [3.63, 3.8) is 0 Å². The molecule has 6 heteroatoms. The SMILES string of the molecule is CC(OC(=O)Nc1ccc(Cl)cc1)(C(=O)O)c1ccccc1. The lowest BCUT2D eigenvalue weighted by Crippen LogP contribution is -2.39. The molecule has 0 bridgehead atoms. The van der Waals surface area contributed by atoms with Crippen molar-refractivity contribution >= 4 is 29.4 Å². The van der Waals surface area contributed by atoms with E-state index in [1.165, 1.54) is 6.92 Å². The first-order valence-corrected chi connectivity index (χ1v) is 6.84. The Kier molecular flexibility index (Phi) is 4.68. The van der Waals surface area contributed by atoms with Gasteiger partial charge < -0.3 is 9.84 Å². The zero-order valence-corrected chi connectivity index (χ0v) is 12.5. The van der Waals surface area contributed by atoms with E-state index in [0.717, 1.165) is 0 Å². The fourth-order valence-corrected chi connectivity index (χ4v) is 1.97. The molecule has 0 aromatic heterocycles. The number of hydrogen-bond donors (Lipinski definition) is 2. The number of aliphatic carboxylic acids is 1. The molecule has 1 amide bonds. The number of rotatable bonds is 4. The van der Waals surface area contributed by atoms with Crippen LogP contribution in [0.1, 0.15) is 12.5 Å². The van der Waals surface area contributed by atoms with E-state index < -0.39 is 17.7 Å². The summed E-state index contributed by atoms with van der Waals surface area (Å²) in [5, 5.41) is 12.4. The van der Waals surface area contributed by atoms with Crippen molar-refractivity contribution in [2.75, 3.05) is 5.32 Å². The average Bonchev–Trinajstić information content (AvgIpc) is 2.50. The van der Waals surface area contributed by atoms with E-state index in [9.17, 15) is 14.7 Å². The summed E-state index contributed by atoms with van der Waals surface area (Å²) in [6.07, 6.45) is -0.865. The van der Waals surface area contributed by atoms with Crippen LogP contribution in [0.25, 0.3) is 0 Å². The van der Waals surface area contributed by atoms with Gasteiger partial charge in [0.25, 0.3) is 0 Å². The Balaban J connectivity index is 2.16. The van der Waals surface area contributed by atoms with Crippen molar-refractivity contribution in [1.82, 2.24) is 0 Å². The average molecular weight is 320 g/mol. The van der Waals surface area contributed by atoms with Crippen LogP contribution < -0.4 is 5.32 Å². The summed E-state index contributed by atoms with van der Waals surface area (Å²) in [7, 11) is 0. The lowest BCUT2D eigenvalue weighted by Gasteiger charge is -2.25. The summed E-state index contributed by atoms with van der Waals surface area (Å²) in [5.41, 5.74) is -0.957. The van der Waals surface area contributed by atoms with Crippen molar-refractivity contribution in [3.05, 3.63) is 65.2 Å². The molecule has 0 heterocycles. The van der Waals surface area contributed by atoms with Gasteiger partial charge in [0.15, 0.2) is 0 Å². The van der Waals surface area contributed by atoms with Crippen LogP contribution in [0.5, 0.6) is 0 Å². The van der Waals surface area contributed by atoms with E-state index in [-0.39, 0.29) is 0 Å². The second-order valence-electron chi connectivity index (χ2n) is 4.73. The number of nitrogens with one attached hydrogen (secondary N) is 1. The van der Waals surface area contributed by atoms with E-state index in [1.54, 1.807) is 54.6 Å². The first kappa shape index (κ1) is 15.9. The lowest BCUT2D eigenvalue weighted by molar-refractivity contribution is -0.157. The summed E-state index contributed by atoms with van der Waals surface area (Å²) in [6, 6.07) is 14.7. The quantitative estimate of drug-likeness (QED) is 0.896. The predicted molar refractivity (Wildman–Crippen MR) is 83.0 cm³/mol. The minimum Gasteiger partial charge on any atom is -0.478 e. The van der Waals surface area contributed by atoms with Crippen LogP contribution in [0, 0.1) is 0 Å². The Hall–Kier alpha value is -2.53. The van der Waals surface area contributed by atoms with Gasteiger partial charge in [-0.2, -0.15) is 0 Å². The summed E-state index contributed by atoms with van der Waals surface area (Å²) in [4.78, 5) is 23.5. The first-order valence-electron chi connectivity index (χ1n) is 6.46. The Morgan fingerprint density at radius 3 is 2.23 bits per heavy atom. The van der Waals surface area contributed by atoms with Gasteiger partial charge in [0.1, 0.15) is 0 Å². The van der Waals surface area contributed by atoms with E-state index in [1.807, 2.05) is 0 Å². The van der Waals surface area contributed by atoms with Crippen LogP contribution in [0.3, 0.4) is 0 Å². The molecule has 2 aromatic rings. The molecule has 5 nitrogen and oxygen atoms in total. The second-order valence-corrected chi connectivity index (χ2v) is 5.16. The standard InChI is InChI=1S/C16H14ClNO4/c1-16(14(19)20,11-5-3-2-4-6-11)22-15(21)18-13-9-7-12(17)8-10-13/h2-10H,1H3,(H,18,21)(H,19,20). The van der Waals surface area contributed by atoms with Crippen molar-refractivity contribution in [3.8, 4) is 0 Å². The van der Waals surface area contributed by atoms with Crippen LogP contribution in [0.2, 0.25) is 5.02 Å². The van der Waals surface area contributed by atoms with Gasteiger partial charge in [-0.1, -0.05) is 41.9 Å². The maximum atomic E-state index is 12.0. The van der Waals surface area contributed by atoms with Gasteiger partial charge in [-0.3, -0.25) is 5.32 Å². The highest BCUT2D eigenvalue weighted by molar-refractivity contribution is 6.30. The summed E-state index contributed by atoms with van der Waals surface area (Å²) >= 11 is 5.75. The fraction of sp³-hybridized carbons (Fsp3) is 0.125. The molecule has 0 saturated heterocycles. The van der Waals surface area contributed by atoms with Gasteiger partial charge in [0, 0.05) is 16.3 Å². The number of carbonyl (C=O) groups is 2. The molecule has 0 fully saturated rings. The zero-order chi connectivity index (χ0) is 16.2. The van der Waals surface area contributed by atoms with Crippen LogP contribution in [0.4, 0.5) is 10.5 Å². The Bertz CT molecular complexity index is 672. The Morgan fingerprint density at radius 1 is 1.09 bits per heavy atom. The highest BCUT2D eigenvalue weighted by atomic mass is 35.5. The van der Waals surface area contributed by atoms with Crippen LogP contribution in [-0.2, 0) is 15.1 Å². The number of anilines is 1. The van der Waals surface area contributed by atoms with E-state index >= 15 is 0 Å². The van der Waals surface area contributed by atoms with E-state index in [0.29, 0.717) is 16.3 Å². The minimum absolute atomic E-state index is 0.369. The normalized spacial score (nSPS) is 13.0. The van der Waals surface area contributed by atoms with E-state index in [4.69, 9.17) is 16.3 Å². The largest absolute Gasteiger partial charge is 0.478 e. The molecule has 0 aliphatic rings. The van der Waals surface area contributed by atoms with Gasteiger partial charge in [-0.25, -0.2) is 9.59 Å². The molecule has 1 unspecified atom stereocenters. The van der Waals surface area contributed by atoms with E-state index in [2.05, 4.69) is 5.32 Å². The van der Waals surface area contributed by atoms with Gasteiger partial charge in [0.2, 0.25) is 5.60 Å². The van der Waals surface area contributed by atoms with Crippen molar-refractivity contribution < 1.29 is 19.4 Å². The number of hydrogen-bond acceptors (Lipinski definition) is 3. The first-order chi connectivity index (χ1) is 10.4.